The molecule has 2 aliphatic heterocycles. The lowest BCUT2D eigenvalue weighted by Gasteiger charge is -2.36. The summed E-state index contributed by atoms with van der Waals surface area (Å²) < 4.78 is 62.3. The maximum Gasteiger partial charge on any atom is 0.271 e. The van der Waals surface area contributed by atoms with Gasteiger partial charge in [0.15, 0.2) is 15.7 Å². The highest BCUT2D eigenvalue weighted by molar-refractivity contribution is 7.92. The van der Waals surface area contributed by atoms with Gasteiger partial charge in [0.1, 0.15) is 63.7 Å². The molecule has 4 amide bonds. The van der Waals surface area contributed by atoms with Crippen LogP contribution < -0.4 is 36.2 Å². The van der Waals surface area contributed by atoms with Crippen molar-refractivity contribution in [2.45, 2.75) is 109 Å². The number of likely N-dealkylation sites (tertiary alicyclic amines) is 1. The monoisotopic (exact) mass is 1040 g/mol. The Morgan fingerprint density at radius 1 is 0.932 bits per heavy atom. The van der Waals surface area contributed by atoms with Gasteiger partial charge in [-0.15, -0.1) is 0 Å². The Balaban J connectivity index is 0.954. The predicted octanol–water partition coefficient (Wildman–Crippen LogP) is 4.42. The van der Waals surface area contributed by atoms with Crippen LogP contribution in [0.3, 0.4) is 0 Å². The molecule has 6 N–H and O–H groups in total. The van der Waals surface area contributed by atoms with E-state index in [0.717, 1.165) is 29.5 Å². The number of nitrogens with zero attached hydrogens (tertiary/aromatic N) is 8. The summed E-state index contributed by atoms with van der Waals surface area (Å²) >= 11 is 0. The quantitative estimate of drug-likeness (QED) is 0.0705. The Hall–Kier alpha value is -6.92. The topological polar surface area (TPSA) is 262 Å². The van der Waals surface area contributed by atoms with Crippen LogP contribution in [0, 0.1) is 30.9 Å². The lowest BCUT2D eigenvalue weighted by Crippen LogP contribution is -2.59. The molecule has 24 heteroatoms. The number of aromatic nitrogens is 6. The second-order valence-corrected chi connectivity index (χ2v) is 23.4. The van der Waals surface area contributed by atoms with Crippen molar-refractivity contribution in [3.63, 3.8) is 0 Å². The normalized spacial score (nSPS) is 17.5. The number of piperazine rings is 1. The number of sulfone groups is 1. The number of nitrogens with one attached hydrogen (secondary N) is 6. The average Bonchev–Trinajstić information content (AvgIpc) is 3.93. The molecule has 7 rings (SSSR count). The van der Waals surface area contributed by atoms with Crippen molar-refractivity contribution in [3.05, 3.63) is 77.6 Å². The second-order valence-electron chi connectivity index (χ2n) is 20.7. The molecule has 5 heterocycles. The molecule has 2 fully saturated rings. The largest absolute Gasteiger partial charge is 0.492 e. The fourth-order valence-corrected chi connectivity index (χ4v) is 9.85. The number of anilines is 4. The van der Waals surface area contributed by atoms with Crippen LogP contribution in [-0.2, 0) is 24.2 Å². The van der Waals surface area contributed by atoms with Gasteiger partial charge in [0.25, 0.3) is 5.91 Å². The smallest absolute Gasteiger partial charge is 0.271 e. The molecule has 0 saturated carbocycles. The van der Waals surface area contributed by atoms with Crippen molar-refractivity contribution in [2.24, 2.45) is 5.41 Å². The van der Waals surface area contributed by atoms with Gasteiger partial charge in [0.2, 0.25) is 17.7 Å². The number of benzene rings is 2. The number of aryl methyl sites for hydroxylation is 1. The van der Waals surface area contributed by atoms with Crippen molar-refractivity contribution in [2.75, 3.05) is 68.5 Å². The zero-order valence-corrected chi connectivity index (χ0v) is 44.2. The standard InChI is InChI=1S/C50H66F2N14O7S/c1-28-29(2)62-63-43(28)61-44-32-22-39(74(71,72)50(7,8)9)38(23-35(32)56-27-57-44)73-20-12-15-64-16-18-65(19-17-64)40-25-54-36(24-55-40)46(68)58-31-21-37(47(69)59-41-33(51)13-11-14-34(41)52)66(26-31)48(70)42(49(4,5)6)60-45(67)30(3)53-10/h11,13-14,22-25,27,30-31,37,42,53H,12,15-21,26H2,1-10H3,(H,58,68)(H,59,69)(H,60,67)(H2,56,57,61,62,63)/t30-,31+,37+,42+/m1/s1. The maximum atomic E-state index is 14.7. The summed E-state index contributed by atoms with van der Waals surface area (Å²) in [6.45, 7) is 19.0. The first-order valence-electron chi connectivity index (χ1n) is 24.5. The number of carbonyl (C=O) groups excluding carboxylic acids is 4. The number of halogens is 2. The lowest BCUT2D eigenvalue weighted by atomic mass is 9.85. The maximum absolute atomic E-state index is 14.7. The molecule has 398 valence electrons. The highest BCUT2D eigenvalue weighted by atomic mass is 32.2. The highest BCUT2D eigenvalue weighted by Crippen LogP contribution is 2.37. The van der Waals surface area contributed by atoms with Crippen molar-refractivity contribution in [3.8, 4) is 5.75 Å². The van der Waals surface area contributed by atoms with Gasteiger partial charge in [-0.2, -0.15) is 5.10 Å². The predicted molar refractivity (Wildman–Crippen MR) is 275 cm³/mol. The first-order chi connectivity index (χ1) is 34.9. The van der Waals surface area contributed by atoms with E-state index < -0.39 is 85.1 Å². The van der Waals surface area contributed by atoms with Crippen LogP contribution in [0.5, 0.6) is 5.75 Å². The fraction of sp³-hybridized carbons (Fsp3) is 0.500. The van der Waals surface area contributed by atoms with Crippen molar-refractivity contribution in [1.29, 1.82) is 0 Å². The molecule has 21 nitrogen and oxygen atoms in total. The zero-order chi connectivity index (χ0) is 53.9. The number of hydrogen-bond donors (Lipinski definition) is 6. The third-order valence-corrected chi connectivity index (χ3v) is 15.9. The summed E-state index contributed by atoms with van der Waals surface area (Å²) in [6.07, 6.45) is 4.75. The van der Waals surface area contributed by atoms with Crippen LogP contribution >= 0.6 is 0 Å². The molecule has 0 aliphatic carbocycles. The molecule has 0 unspecified atom stereocenters. The molecule has 74 heavy (non-hydrogen) atoms. The number of ether oxygens (including phenoxy) is 1. The summed E-state index contributed by atoms with van der Waals surface area (Å²) in [6, 6.07) is 2.52. The highest BCUT2D eigenvalue weighted by Gasteiger charge is 2.46. The van der Waals surface area contributed by atoms with Crippen LogP contribution in [-0.4, -0.2) is 154 Å². The van der Waals surface area contributed by atoms with Gasteiger partial charge in [-0.05, 0) is 85.0 Å². The molecule has 2 saturated heterocycles. The molecule has 5 aromatic rings. The number of carbonyl (C=O) groups is 4. The van der Waals surface area contributed by atoms with E-state index in [4.69, 9.17) is 4.74 Å². The zero-order valence-electron chi connectivity index (χ0n) is 43.4. The number of H-pyrrole nitrogens is 1. The number of amides is 4. The van der Waals surface area contributed by atoms with Gasteiger partial charge < -0.3 is 41.1 Å². The Bertz CT molecular complexity index is 2970. The first kappa shape index (κ1) is 54.8. The van der Waals surface area contributed by atoms with Crippen molar-refractivity contribution < 1.29 is 41.1 Å². The van der Waals surface area contributed by atoms with E-state index in [2.05, 4.69) is 61.6 Å². The Morgan fingerprint density at radius 3 is 2.24 bits per heavy atom. The summed E-state index contributed by atoms with van der Waals surface area (Å²) in [4.78, 5) is 78.0. The van der Waals surface area contributed by atoms with Gasteiger partial charge in [0.05, 0.1) is 35.3 Å². The van der Waals surface area contributed by atoms with Gasteiger partial charge in [-0.1, -0.05) is 26.8 Å². The molecular weight excluding hydrogens is 979 g/mol. The van der Waals surface area contributed by atoms with Gasteiger partial charge >= 0.3 is 0 Å². The van der Waals surface area contributed by atoms with E-state index in [9.17, 15) is 36.4 Å². The minimum atomic E-state index is -3.87. The number of likely N-dealkylation sites (N-methyl/N-ethyl adjacent to an activating group) is 1. The third-order valence-electron chi connectivity index (χ3n) is 13.4. The Kier molecular flexibility index (Phi) is 16.5. The molecular formula is C50H66F2N14O7S. The summed E-state index contributed by atoms with van der Waals surface area (Å²) in [5, 5.41) is 21.7. The minimum absolute atomic E-state index is 0.0129. The van der Waals surface area contributed by atoms with Gasteiger partial charge in [0, 0.05) is 68.0 Å². The van der Waals surface area contributed by atoms with Gasteiger partial charge in [-0.3, -0.25) is 29.2 Å². The van der Waals surface area contributed by atoms with E-state index in [-0.39, 0.29) is 35.9 Å². The first-order valence-corrected chi connectivity index (χ1v) is 25.9. The number of fused-ring (bicyclic) bond motifs is 1. The Morgan fingerprint density at radius 2 is 1.64 bits per heavy atom. The van der Waals surface area contributed by atoms with Crippen LogP contribution in [0.4, 0.5) is 31.9 Å². The summed E-state index contributed by atoms with van der Waals surface area (Å²) in [7, 11) is -2.27. The molecule has 4 atom stereocenters. The molecule has 0 radical (unpaired) electrons. The SMILES string of the molecule is CN[C@H](C)C(=O)N[C@@H](C(=O)N1C[C@@H](NC(=O)c2cnc(N3CCN(CCCOc4cc5ncnc(Nc6n[nH]c(C)c6C)c5cc4S(=O)(=O)C(C)(C)C)CC3)cn2)C[C@H]1C(=O)Nc1c(F)cccc1F)C(C)(C)C. The average molecular weight is 1050 g/mol. The number of para-hydroxylation sites is 1. The Labute approximate surface area is 429 Å². The minimum Gasteiger partial charge on any atom is -0.492 e. The van der Waals surface area contributed by atoms with Crippen LogP contribution in [0.15, 0.2) is 53.9 Å². The van der Waals surface area contributed by atoms with Crippen LogP contribution in [0.25, 0.3) is 10.9 Å². The van der Waals surface area contributed by atoms with E-state index in [1.807, 2.05) is 18.7 Å². The fourth-order valence-electron chi connectivity index (χ4n) is 8.54. The van der Waals surface area contributed by atoms with E-state index in [1.165, 1.54) is 23.6 Å². The lowest BCUT2D eigenvalue weighted by molar-refractivity contribution is -0.143. The summed E-state index contributed by atoms with van der Waals surface area (Å²) in [5.41, 5.74) is 0.778. The van der Waals surface area contributed by atoms with Crippen LogP contribution in [0.2, 0.25) is 0 Å². The third kappa shape index (κ3) is 12.2. The van der Waals surface area contributed by atoms with E-state index in [0.29, 0.717) is 67.5 Å². The van der Waals surface area contributed by atoms with Crippen molar-refractivity contribution >= 4 is 67.5 Å². The molecule has 3 aromatic heterocycles. The van der Waals surface area contributed by atoms with Gasteiger partial charge in [-0.25, -0.2) is 37.1 Å². The molecule has 0 bridgehead atoms. The number of rotatable bonds is 17. The molecule has 2 aliphatic rings. The summed E-state index contributed by atoms with van der Waals surface area (Å²) in [5.74, 6) is -2.82. The van der Waals surface area contributed by atoms with E-state index >= 15 is 0 Å². The van der Waals surface area contributed by atoms with Crippen molar-refractivity contribution in [1.82, 2.24) is 55.9 Å². The van der Waals surface area contributed by atoms with Crippen LogP contribution in [0.1, 0.15) is 83.1 Å². The number of hydrogen-bond acceptors (Lipinski definition) is 16. The molecule has 0 spiro atoms. The molecule has 2 aromatic carbocycles. The second kappa shape index (κ2) is 22.3. The number of aromatic amines is 1. The van der Waals surface area contributed by atoms with E-state index in [1.54, 1.807) is 67.6 Å².